The Morgan fingerprint density at radius 1 is 1.47 bits per heavy atom. The van der Waals surface area contributed by atoms with Crippen molar-refractivity contribution < 1.29 is 19.5 Å². The summed E-state index contributed by atoms with van der Waals surface area (Å²) in [5, 5.41) is 23.1. The second kappa shape index (κ2) is 4.26. The van der Waals surface area contributed by atoms with Crippen molar-refractivity contribution in [3.8, 4) is 12.3 Å². The van der Waals surface area contributed by atoms with E-state index in [1.807, 2.05) is 0 Å². The minimum atomic E-state index is -1.40. The maximum Gasteiger partial charge on any atom is 0.329 e. The lowest BCUT2D eigenvalue weighted by molar-refractivity contribution is -0.0184. The van der Waals surface area contributed by atoms with Gasteiger partial charge in [-0.05, 0) is 13.8 Å². The molecule has 19 heavy (non-hydrogen) atoms. The van der Waals surface area contributed by atoms with Crippen LogP contribution in [0.3, 0.4) is 0 Å². The minimum Gasteiger partial charge on any atom is -0.369 e. The van der Waals surface area contributed by atoms with Gasteiger partial charge in [-0.1, -0.05) is 11.1 Å². The number of nitrogens with zero attached hydrogens (tertiary/aromatic N) is 3. The lowest BCUT2D eigenvalue weighted by atomic mass is 9.92. The molecule has 0 bridgehead atoms. The van der Waals surface area contributed by atoms with E-state index < -0.39 is 23.9 Å². The third kappa shape index (κ3) is 1.95. The largest absolute Gasteiger partial charge is 0.369 e. The smallest absolute Gasteiger partial charge is 0.329 e. The predicted octanol–water partition coefficient (Wildman–Crippen LogP) is 0.0940. The topological polar surface area (TPSA) is 90.0 Å². The first-order chi connectivity index (χ1) is 8.79. The summed E-state index contributed by atoms with van der Waals surface area (Å²) in [5.41, 5.74) is -0.677. The van der Waals surface area contributed by atoms with Gasteiger partial charge in [-0.3, -0.25) is 4.90 Å². The minimum absolute atomic E-state index is 0.110. The van der Waals surface area contributed by atoms with Crippen LogP contribution in [0.15, 0.2) is 10.6 Å². The number of likely N-dealkylation sites (N-methyl/N-ethyl adjacent to an activating group) is 1. The van der Waals surface area contributed by atoms with E-state index in [2.05, 4.69) is 11.1 Å². The molecule has 0 saturated carbocycles. The van der Waals surface area contributed by atoms with E-state index in [0.717, 1.165) is 9.80 Å². The van der Waals surface area contributed by atoms with Gasteiger partial charge in [-0.25, -0.2) is 9.69 Å². The van der Waals surface area contributed by atoms with Gasteiger partial charge >= 0.3 is 6.03 Å². The first kappa shape index (κ1) is 13.4. The Kier molecular flexibility index (Phi) is 3.00. The van der Waals surface area contributed by atoms with Crippen molar-refractivity contribution in [2.24, 2.45) is 0 Å². The van der Waals surface area contributed by atoms with Gasteiger partial charge < -0.3 is 14.7 Å². The lowest BCUT2D eigenvalue weighted by Crippen LogP contribution is -2.36. The number of aliphatic hydroxyl groups is 2. The second-order valence-electron chi connectivity index (χ2n) is 4.91. The van der Waals surface area contributed by atoms with Crippen molar-refractivity contribution in [3.63, 3.8) is 0 Å². The number of hydrogen-bond donors (Lipinski definition) is 2. The van der Waals surface area contributed by atoms with Gasteiger partial charge in [0.2, 0.25) is 0 Å². The number of carbonyl (C=O) groups excluding carboxylic acids is 1. The molecular weight excluding hydrogens is 250 g/mol. The van der Waals surface area contributed by atoms with Crippen LogP contribution in [0.1, 0.15) is 19.6 Å². The van der Waals surface area contributed by atoms with Gasteiger partial charge in [0.1, 0.15) is 0 Å². The van der Waals surface area contributed by atoms with Crippen molar-refractivity contribution in [2.75, 3.05) is 11.9 Å². The fourth-order valence-corrected chi connectivity index (χ4v) is 1.71. The van der Waals surface area contributed by atoms with Crippen LogP contribution >= 0.6 is 0 Å². The fourth-order valence-electron chi connectivity index (χ4n) is 1.71. The Morgan fingerprint density at radius 3 is 2.58 bits per heavy atom. The van der Waals surface area contributed by atoms with E-state index in [4.69, 9.17) is 10.9 Å². The maximum atomic E-state index is 11.9. The molecule has 2 N–H and O–H groups in total. The summed E-state index contributed by atoms with van der Waals surface area (Å²) in [4.78, 5) is 13.8. The van der Waals surface area contributed by atoms with Crippen molar-refractivity contribution in [2.45, 2.75) is 31.7 Å². The number of aromatic nitrogens is 1. The van der Waals surface area contributed by atoms with Crippen molar-refractivity contribution in [1.29, 1.82) is 0 Å². The third-order valence-electron chi connectivity index (χ3n) is 3.16. The number of rotatable bonds is 2. The van der Waals surface area contributed by atoms with Crippen molar-refractivity contribution in [3.05, 3.63) is 11.8 Å². The second-order valence-corrected chi connectivity index (χ2v) is 4.91. The van der Waals surface area contributed by atoms with Gasteiger partial charge in [0.25, 0.3) is 0 Å². The zero-order chi connectivity index (χ0) is 14.4. The Labute approximate surface area is 110 Å². The number of carbonyl (C=O) groups is 1. The number of aliphatic hydroxyl groups excluding tert-OH is 2. The van der Waals surface area contributed by atoms with Crippen LogP contribution in [0.2, 0.25) is 0 Å². The van der Waals surface area contributed by atoms with Crippen LogP contribution in [-0.2, 0) is 5.41 Å². The molecule has 0 radical (unpaired) electrons. The summed E-state index contributed by atoms with van der Waals surface area (Å²) >= 11 is 0. The summed E-state index contributed by atoms with van der Waals surface area (Å²) in [7, 11) is 1.38. The van der Waals surface area contributed by atoms with Crippen LogP contribution in [0.25, 0.3) is 0 Å². The Balaban J connectivity index is 2.35. The van der Waals surface area contributed by atoms with Gasteiger partial charge in [-0.15, -0.1) is 6.42 Å². The van der Waals surface area contributed by atoms with Crippen molar-refractivity contribution >= 4 is 11.8 Å². The van der Waals surface area contributed by atoms with Crippen LogP contribution in [0, 0.1) is 12.3 Å². The molecule has 7 heteroatoms. The number of urea groups is 1. The zero-order valence-electron chi connectivity index (χ0n) is 10.9. The van der Waals surface area contributed by atoms with Gasteiger partial charge in [0, 0.05) is 13.1 Å². The zero-order valence-corrected chi connectivity index (χ0v) is 10.9. The van der Waals surface area contributed by atoms with Crippen LogP contribution in [-0.4, -0.2) is 45.8 Å². The molecule has 1 fully saturated rings. The Hall–Kier alpha value is -2.04. The molecule has 1 saturated heterocycles. The Morgan fingerprint density at radius 2 is 2.11 bits per heavy atom. The highest BCUT2D eigenvalue weighted by atomic mass is 16.5. The highest BCUT2D eigenvalue weighted by Gasteiger charge is 2.44. The molecule has 1 aliphatic heterocycles. The molecular formula is C12H15N3O4. The Bertz CT molecular complexity index is 545. The molecule has 102 valence electrons. The normalized spacial score (nSPS) is 23.9. The van der Waals surface area contributed by atoms with Gasteiger partial charge in [0.15, 0.2) is 24.0 Å². The average molecular weight is 265 g/mol. The van der Waals surface area contributed by atoms with Crippen LogP contribution in [0.5, 0.6) is 0 Å². The molecule has 0 aliphatic carbocycles. The predicted molar refractivity (Wildman–Crippen MR) is 66.0 cm³/mol. The molecule has 2 amide bonds. The van der Waals surface area contributed by atoms with E-state index >= 15 is 0 Å². The molecule has 0 aromatic carbocycles. The summed E-state index contributed by atoms with van der Waals surface area (Å²) < 4.78 is 5.10. The number of amides is 2. The molecule has 2 heterocycles. The van der Waals surface area contributed by atoms with Crippen molar-refractivity contribution in [1.82, 2.24) is 10.1 Å². The highest BCUT2D eigenvalue weighted by molar-refractivity contribution is 5.93. The monoisotopic (exact) mass is 265 g/mol. The van der Waals surface area contributed by atoms with E-state index in [0.29, 0.717) is 5.76 Å². The molecule has 2 rings (SSSR count). The highest BCUT2D eigenvalue weighted by Crippen LogP contribution is 2.30. The quantitative estimate of drug-likeness (QED) is 0.740. The number of hydrogen-bond acceptors (Lipinski definition) is 5. The fraction of sp³-hybridized carbons (Fsp3) is 0.500. The molecule has 1 aromatic rings. The molecule has 1 aliphatic rings. The summed E-state index contributed by atoms with van der Waals surface area (Å²) in [6.45, 7) is 3.53. The van der Waals surface area contributed by atoms with Gasteiger partial charge in [-0.2, -0.15) is 0 Å². The van der Waals surface area contributed by atoms with E-state index in [-0.39, 0.29) is 5.82 Å². The maximum absolute atomic E-state index is 11.9. The number of terminal acetylenes is 1. The summed E-state index contributed by atoms with van der Waals surface area (Å²) in [6.07, 6.45) is 2.67. The van der Waals surface area contributed by atoms with Gasteiger partial charge in [0.05, 0.1) is 5.41 Å². The summed E-state index contributed by atoms with van der Waals surface area (Å²) in [5.74, 6) is 3.05. The molecule has 1 aromatic heterocycles. The van der Waals surface area contributed by atoms with E-state index in [1.165, 1.54) is 13.1 Å². The van der Waals surface area contributed by atoms with E-state index in [1.54, 1.807) is 13.8 Å². The summed E-state index contributed by atoms with van der Waals surface area (Å²) in [6, 6.07) is 0.908. The van der Waals surface area contributed by atoms with Crippen LogP contribution in [0.4, 0.5) is 10.6 Å². The van der Waals surface area contributed by atoms with E-state index in [9.17, 15) is 15.0 Å². The molecule has 2 unspecified atom stereocenters. The standard InChI is InChI=1S/C12H15N3O4/c1-5-12(2,3)7-6-8(13-19-7)15-10(17)9(16)14(4)11(15)18/h1,6,9-10,16-17H,2-4H3. The SMILES string of the molecule is C#CC(C)(C)c1cc(N2C(=O)N(C)C(O)C2O)no1. The third-order valence-corrected chi connectivity index (χ3v) is 3.16. The molecule has 0 spiro atoms. The number of anilines is 1. The molecule has 2 atom stereocenters. The first-order valence-corrected chi connectivity index (χ1v) is 5.66. The first-order valence-electron chi connectivity index (χ1n) is 5.66. The lowest BCUT2D eigenvalue weighted by Gasteiger charge is -2.15. The van der Waals surface area contributed by atoms with Crippen LogP contribution < -0.4 is 4.90 Å². The molecule has 7 nitrogen and oxygen atoms in total. The average Bonchev–Trinajstić information content (AvgIpc) is 2.92.